The second kappa shape index (κ2) is 7.65. The van der Waals surface area contributed by atoms with Crippen LogP contribution in [-0.2, 0) is 20.7 Å². The van der Waals surface area contributed by atoms with Gasteiger partial charge >= 0.3 is 16.3 Å². The van der Waals surface area contributed by atoms with E-state index in [2.05, 4.69) is 27.5 Å². The molecule has 0 aromatic heterocycles. The van der Waals surface area contributed by atoms with Crippen LogP contribution in [0.4, 0.5) is 14.4 Å². The van der Waals surface area contributed by atoms with Crippen LogP contribution in [0.3, 0.4) is 0 Å². The Morgan fingerprint density at radius 1 is 1.20 bits per heavy atom. The summed E-state index contributed by atoms with van der Waals surface area (Å²) in [6.07, 6.45) is -0.334. The molecule has 1 amide bonds. The molecule has 0 saturated carbocycles. The van der Waals surface area contributed by atoms with Crippen LogP contribution in [-0.4, -0.2) is 51.2 Å². The minimum Gasteiger partial charge on any atom is -0.444 e. The Hall–Kier alpha value is -1.10. The molecule has 25 heavy (non-hydrogen) atoms. The van der Waals surface area contributed by atoms with Crippen LogP contribution in [0, 0.1) is 3.57 Å². The number of carbonyl (C=O) groups is 1. The van der Waals surface area contributed by atoms with Gasteiger partial charge < -0.3 is 14.5 Å². The van der Waals surface area contributed by atoms with Crippen molar-refractivity contribution in [2.75, 3.05) is 31.1 Å². The first-order valence-electron chi connectivity index (χ1n) is 7.88. The lowest BCUT2D eigenvalue weighted by Crippen LogP contribution is -2.50. The van der Waals surface area contributed by atoms with Gasteiger partial charge in [0.05, 0.1) is 0 Å². The normalized spacial score (nSPS) is 16.0. The molecular weight excluding hydrogens is 462 g/mol. The number of benzene rings is 1. The van der Waals surface area contributed by atoms with Gasteiger partial charge in [-0.2, -0.15) is 8.42 Å². The van der Waals surface area contributed by atoms with Gasteiger partial charge in [-0.05, 0) is 67.1 Å². The lowest BCUT2D eigenvalue weighted by atomic mass is 10.2. The number of hydrogen-bond donors (Lipinski definition) is 0. The van der Waals surface area contributed by atoms with Crippen LogP contribution in [0.15, 0.2) is 18.2 Å². The number of rotatable bonds is 3. The van der Waals surface area contributed by atoms with E-state index in [1.165, 1.54) is 0 Å². The smallest absolute Gasteiger partial charge is 0.410 e. The van der Waals surface area contributed by atoms with Crippen LogP contribution in [0.5, 0.6) is 0 Å². The van der Waals surface area contributed by atoms with Crippen LogP contribution >= 0.6 is 22.6 Å². The molecule has 1 aliphatic heterocycles. The maximum Gasteiger partial charge on any atom is 0.410 e. The minimum absolute atomic E-state index is 0.334. The van der Waals surface area contributed by atoms with E-state index in [1.54, 1.807) is 17.0 Å². The van der Waals surface area contributed by atoms with Crippen LogP contribution in [0.2, 0.25) is 0 Å². The summed E-state index contributed by atoms with van der Waals surface area (Å²) in [5, 5.41) is 0. The Morgan fingerprint density at radius 3 is 2.32 bits per heavy atom. The third-order valence-corrected chi connectivity index (χ3v) is 4.88. The molecule has 1 aromatic carbocycles. The van der Waals surface area contributed by atoms with Gasteiger partial charge in [-0.15, -0.1) is 3.89 Å². The summed E-state index contributed by atoms with van der Waals surface area (Å²) in [6.45, 7) is 7.70. The molecule has 1 heterocycles. The number of hydrogen-bond acceptors (Lipinski definition) is 5. The van der Waals surface area contributed by atoms with E-state index in [-0.39, 0.29) is 6.09 Å². The zero-order valence-electron chi connectivity index (χ0n) is 14.5. The van der Waals surface area contributed by atoms with E-state index < -0.39 is 21.6 Å². The highest BCUT2D eigenvalue weighted by Crippen LogP contribution is 2.24. The van der Waals surface area contributed by atoms with Gasteiger partial charge in [-0.1, -0.05) is 0 Å². The first kappa shape index (κ1) is 20.2. The zero-order valence-corrected chi connectivity index (χ0v) is 17.4. The number of amides is 1. The molecule has 0 atom stereocenters. The molecule has 0 unspecified atom stereocenters. The van der Waals surface area contributed by atoms with Crippen LogP contribution in [0.1, 0.15) is 26.3 Å². The summed E-state index contributed by atoms with van der Waals surface area (Å²) in [4.78, 5) is 15.8. The van der Waals surface area contributed by atoms with Crippen LogP contribution in [0.25, 0.3) is 0 Å². The van der Waals surface area contributed by atoms with Crippen molar-refractivity contribution < 1.29 is 21.8 Å². The van der Waals surface area contributed by atoms with E-state index in [4.69, 9.17) is 4.74 Å². The third-order valence-electron chi connectivity index (χ3n) is 3.58. The molecule has 0 radical (unpaired) electrons. The van der Waals surface area contributed by atoms with E-state index in [9.17, 15) is 17.1 Å². The van der Waals surface area contributed by atoms with Gasteiger partial charge in [0, 0.05) is 35.4 Å². The summed E-state index contributed by atoms with van der Waals surface area (Å²) < 4.78 is 40.9. The highest BCUT2D eigenvalue weighted by molar-refractivity contribution is 14.1. The van der Waals surface area contributed by atoms with Crippen molar-refractivity contribution in [3.63, 3.8) is 0 Å². The molecule has 1 fully saturated rings. The largest absolute Gasteiger partial charge is 0.444 e. The topological polar surface area (TPSA) is 66.9 Å². The minimum atomic E-state index is -4.57. The van der Waals surface area contributed by atoms with Gasteiger partial charge in [-0.3, -0.25) is 0 Å². The number of carbonyl (C=O) groups excluding carboxylic acids is 1. The molecule has 2 rings (SSSR count). The summed E-state index contributed by atoms with van der Waals surface area (Å²) in [5.41, 5.74) is 0.713. The van der Waals surface area contributed by atoms with Gasteiger partial charge in [-0.25, -0.2) is 4.79 Å². The monoisotopic (exact) mass is 484 g/mol. The SMILES string of the molecule is CC(C)(C)OC(=O)N1CCN(c2cc(I)cc(CS(=O)(=O)F)c2)CC1. The highest BCUT2D eigenvalue weighted by atomic mass is 127. The predicted molar refractivity (Wildman–Crippen MR) is 103 cm³/mol. The number of piperazine rings is 1. The summed E-state index contributed by atoms with van der Waals surface area (Å²) in [5.74, 6) is -0.630. The Bertz CT molecular complexity index is 741. The fraction of sp³-hybridized carbons (Fsp3) is 0.562. The number of halogens is 2. The summed E-state index contributed by atoms with van der Waals surface area (Å²) in [7, 11) is -4.57. The molecule has 0 N–H and O–H groups in total. The fourth-order valence-electron chi connectivity index (χ4n) is 2.57. The summed E-state index contributed by atoms with van der Waals surface area (Å²) >= 11 is 2.08. The Kier molecular flexibility index (Phi) is 6.18. The predicted octanol–water partition coefficient (Wildman–Crippen LogP) is 3.15. The van der Waals surface area contributed by atoms with Crippen molar-refractivity contribution in [2.24, 2.45) is 0 Å². The molecule has 1 aliphatic rings. The highest BCUT2D eigenvalue weighted by Gasteiger charge is 2.26. The second-order valence-corrected chi connectivity index (χ2v) is 9.57. The van der Waals surface area contributed by atoms with Crippen LogP contribution < -0.4 is 4.90 Å². The molecule has 6 nitrogen and oxygen atoms in total. The molecule has 140 valence electrons. The first-order valence-corrected chi connectivity index (χ1v) is 10.5. The van der Waals surface area contributed by atoms with Crippen molar-refractivity contribution in [1.82, 2.24) is 4.90 Å². The van der Waals surface area contributed by atoms with Crippen molar-refractivity contribution in [2.45, 2.75) is 32.1 Å². The Labute approximate surface area is 161 Å². The third kappa shape index (κ3) is 6.61. The number of anilines is 1. The fourth-order valence-corrected chi connectivity index (χ4v) is 3.86. The Balaban J connectivity index is 2.04. The lowest BCUT2D eigenvalue weighted by Gasteiger charge is -2.37. The van der Waals surface area contributed by atoms with Gasteiger partial charge in [0.2, 0.25) is 0 Å². The van der Waals surface area contributed by atoms with E-state index in [1.807, 2.05) is 26.8 Å². The quantitative estimate of drug-likeness (QED) is 0.487. The lowest BCUT2D eigenvalue weighted by molar-refractivity contribution is 0.0240. The standard InChI is InChI=1S/C16H22FIN2O4S/c1-16(2,3)24-15(21)20-6-4-19(5-7-20)14-9-12(8-13(18)10-14)11-25(17,22)23/h8-10H,4-7,11H2,1-3H3. The van der Waals surface area contributed by atoms with Crippen molar-refractivity contribution in [3.8, 4) is 0 Å². The van der Waals surface area contributed by atoms with E-state index >= 15 is 0 Å². The maximum absolute atomic E-state index is 13.0. The van der Waals surface area contributed by atoms with Gasteiger partial charge in [0.15, 0.2) is 0 Å². The average molecular weight is 484 g/mol. The number of ether oxygens (including phenoxy) is 1. The molecular formula is C16H22FIN2O4S. The molecule has 0 bridgehead atoms. The number of nitrogens with zero attached hydrogens (tertiary/aromatic N) is 2. The molecule has 0 spiro atoms. The van der Waals surface area contributed by atoms with Gasteiger partial charge in [0.25, 0.3) is 0 Å². The molecule has 1 saturated heterocycles. The molecule has 9 heteroatoms. The van der Waals surface area contributed by atoms with Crippen molar-refractivity contribution >= 4 is 44.6 Å². The van der Waals surface area contributed by atoms with Gasteiger partial charge in [0.1, 0.15) is 11.4 Å². The van der Waals surface area contributed by atoms with Crippen molar-refractivity contribution in [3.05, 3.63) is 27.3 Å². The van der Waals surface area contributed by atoms with Crippen molar-refractivity contribution in [1.29, 1.82) is 0 Å². The first-order chi connectivity index (χ1) is 11.4. The van der Waals surface area contributed by atoms with E-state index in [0.717, 1.165) is 9.26 Å². The molecule has 0 aliphatic carbocycles. The Morgan fingerprint density at radius 2 is 1.80 bits per heavy atom. The summed E-state index contributed by atoms with van der Waals surface area (Å²) in [6, 6.07) is 5.25. The average Bonchev–Trinajstić information content (AvgIpc) is 2.43. The zero-order chi connectivity index (χ0) is 18.8. The second-order valence-electron chi connectivity index (χ2n) is 6.96. The van der Waals surface area contributed by atoms with E-state index in [0.29, 0.717) is 31.7 Å². The molecule has 1 aromatic rings. The maximum atomic E-state index is 13.0.